The zero-order valence-corrected chi connectivity index (χ0v) is 10.2. The van der Waals surface area contributed by atoms with E-state index in [9.17, 15) is 0 Å². The van der Waals surface area contributed by atoms with Gasteiger partial charge in [0.25, 0.3) is 0 Å². The van der Waals surface area contributed by atoms with E-state index in [-0.39, 0.29) is 0 Å². The Morgan fingerprint density at radius 1 is 1.43 bits per heavy atom. The Labute approximate surface area is 89.4 Å². The number of rotatable bonds is 8. The van der Waals surface area contributed by atoms with Crippen LogP contribution in [0.1, 0.15) is 26.7 Å². The van der Waals surface area contributed by atoms with Crippen LogP contribution in [-0.4, -0.2) is 38.1 Å². The van der Waals surface area contributed by atoms with Crippen molar-refractivity contribution in [2.24, 2.45) is 5.92 Å². The van der Waals surface area contributed by atoms with Crippen LogP contribution in [0, 0.1) is 5.92 Å². The fourth-order valence-electron chi connectivity index (χ4n) is 1.62. The summed E-state index contributed by atoms with van der Waals surface area (Å²) in [7, 11) is 4.22. The van der Waals surface area contributed by atoms with Gasteiger partial charge in [-0.1, -0.05) is 13.0 Å². The van der Waals surface area contributed by atoms with Crippen molar-refractivity contribution in [1.82, 2.24) is 10.2 Å². The van der Waals surface area contributed by atoms with Gasteiger partial charge in [-0.3, -0.25) is 0 Å². The maximum Gasteiger partial charge on any atom is 0.0102 e. The van der Waals surface area contributed by atoms with Gasteiger partial charge in [0.1, 0.15) is 0 Å². The second-order valence-corrected chi connectivity index (χ2v) is 4.19. The van der Waals surface area contributed by atoms with E-state index in [4.69, 9.17) is 0 Å². The predicted octanol–water partition coefficient (Wildman–Crippen LogP) is 2.13. The zero-order chi connectivity index (χ0) is 11.0. The molecule has 0 radical (unpaired) electrons. The van der Waals surface area contributed by atoms with Crippen LogP contribution in [0.15, 0.2) is 12.7 Å². The maximum absolute atomic E-state index is 3.74. The molecule has 0 aromatic carbocycles. The Morgan fingerprint density at radius 2 is 2.07 bits per heavy atom. The van der Waals surface area contributed by atoms with E-state index in [1.807, 2.05) is 13.1 Å². The summed E-state index contributed by atoms with van der Waals surface area (Å²) in [5.41, 5.74) is 0. The highest BCUT2D eigenvalue weighted by Gasteiger charge is 2.15. The topological polar surface area (TPSA) is 15.3 Å². The third kappa shape index (κ3) is 5.40. The minimum absolute atomic E-state index is 0.646. The van der Waals surface area contributed by atoms with Crippen molar-refractivity contribution in [3.05, 3.63) is 12.7 Å². The van der Waals surface area contributed by atoms with Crippen molar-refractivity contribution >= 4 is 0 Å². The van der Waals surface area contributed by atoms with Gasteiger partial charge in [0, 0.05) is 6.04 Å². The summed E-state index contributed by atoms with van der Waals surface area (Å²) in [5.74, 6) is 0.703. The molecule has 0 aliphatic rings. The van der Waals surface area contributed by atoms with Gasteiger partial charge in [-0.2, -0.15) is 0 Å². The van der Waals surface area contributed by atoms with Gasteiger partial charge in [-0.05, 0) is 52.9 Å². The second kappa shape index (κ2) is 8.01. The summed E-state index contributed by atoms with van der Waals surface area (Å²) in [6.45, 7) is 10.6. The molecule has 1 N–H and O–H groups in total. The summed E-state index contributed by atoms with van der Waals surface area (Å²) in [6.07, 6.45) is 4.34. The van der Waals surface area contributed by atoms with Gasteiger partial charge >= 0.3 is 0 Å². The van der Waals surface area contributed by atoms with Crippen LogP contribution in [0.3, 0.4) is 0 Å². The first-order valence-corrected chi connectivity index (χ1v) is 5.59. The van der Waals surface area contributed by atoms with Gasteiger partial charge in [0.05, 0.1) is 0 Å². The standard InChI is InChI=1S/C12H26N2/c1-6-7-8-9-14(5)12(3)11(2)10-13-4/h6,11-13H,1,7-10H2,2-5H3. The van der Waals surface area contributed by atoms with Crippen LogP contribution < -0.4 is 5.32 Å². The summed E-state index contributed by atoms with van der Waals surface area (Å²) in [5, 5.41) is 3.23. The number of hydrogen-bond acceptors (Lipinski definition) is 2. The first-order chi connectivity index (χ1) is 6.63. The van der Waals surface area contributed by atoms with Crippen molar-refractivity contribution in [1.29, 1.82) is 0 Å². The van der Waals surface area contributed by atoms with Crippen molar-refractivity contribution < 1.29 is 0 Å². The number of nitrogens with zero attached hydrogens (tertiary/aromatic N) is 1. The molecular formula is C12H26N2. The lowest BCUT2D eigenvalue weighted by Crippen LogP contribution is -2.38. The molecule has 84 valence electrons. The summed E-state index contributed by atoms with van der Waals surface area (Å²) < 4.78 is 0. The van der Waals surface area contributed by atoms with Crippen molar-refractivity contribution in [3.63, 3.8) is 0 Å². The molecule has 0 amide bonds. The minimum Gasteiger partial charge on any atom is -0.319 e. The highest BCUT2D eigenvalue weighted by atomic mass is 15.1. The molecule has 0 spiro atoms. The summed E-state index contributed by atoms with van der Waals surface area (Å²) >= 11 is 0. The monoisotopic (exact) mass is 198 g/mol. The molecule has 0 aliphatic carbocycles. The Hall–Kier alpha value is -0.340. The lowest BCUT2D eigenvalue weighted by molar-refractivity contribution is 0.196. The molecule has 0 aromatic rings. The molecule has 0 saturated heterocycles. The lowest BCUT2D eigenvalue weighted by atomic mass is 10.0. The van der Waals surface area contributed by atoms with Crippen molar-refractivity contribution in [3.8, 4) is 0 Å². The third-order valence-electron chi connectivity index (χ3n) is 2.96. The molecule has 0 aromatic heterocycles. The van der Waals surface area contributed by atoms with Crippen LogP contribution in [0.4, 0.5) is 0 Å². The molecule has 0 bridgehead atoms. The maximum atomic E-state index is 3.74. The van der Waals surface area contributed by atoms with Crippen LogP contribution in [0.25, 0.3) is 0 Å². The Balaban J connectivity index is 3.73. The van der Waals surface area contributed by atoms with Crippen LogP contribution in [0.5, 0.6) is 0 Å². The van der Waals surface area contributed by atoms with E-state index in [1.54, 1.807) is 0 Å². The molecule has 0 aliphatic heterocycles. The van der Waals surface area contributed by atoms with Crippen molar-refractivity contribution in [2.75, 3.05) is 27.2 Å². The van der Waals surface area contributed by atoms with Crippen LogP contribution >= 0.6 is 0 Å². The Bertz CT molecular complexity index is 145. The highest BCUT2D eigenvalue weighted by Crippen LogP contribution is 2.09. The molecule has 2 heteroatoms. The third-order valence-corrected chi connectivity index (χ3v) is 2.96. The van der Waals surface area contributed by atoms with E-state index in [0.717, 1.165) is 13.0 Å². The van der Waals surface area contributed by atoms with Crippen molar-refractivity contribution in [2.45, 2.75) is 32.7 Å². The second-order valence-electron chi connectivity index (χ2n) is 4.19. The number of unbranched alkanes of at least 4 members (excludes halogenated alkanes) is 1. The summed E-state index contributed by atoms with van der Waals surface area (Å²) in [4.78, 5) is 2.44. The first-order valence-electron chi connectivity index (χ1n) is 5.59. The van der Waals surface area contributed by atoms with Gasteiger partial charge in [-0.25, -0.2) is 0 Å². The molecular weight excluding hydrogens is 172 g/mol. The molecule has 2 atom stereocenters. The van der Waals surface area contributed by atoms with Gasteiger partial charge in [0.15, 0.2) is 0 Å². The molecule has 0 saturated carbocycles. The van der Waals surface area contributed by atoms with Gasteiger partial charge in [-0.15, -0.1) is 6.58 Å². The number of nitrogens with one attached hydrogen (secondary N) is 1. The molecule has 14 heavy (non-hydrogen) atoms. The Kier molecular flexibility index (Phi) is 7.81. The molecule has 2 unspecified atom stereocenters. The normalized spacial score (nSPS) is 15.5. The minimum atomic E-state index is 0.646. The van der Waals surface area contributed by atoms with Gasteiger partial charge in [0.2, 0.25) is 0 Å². The van der Waals surface area contributed by atoms with E-state index in [1.165, 1.54) is 13.0 Å². The lowest BCUT2D eigenvalue weighted by Gasteiger charge is -2.29. The van der Waals surface area contributed by atoms with E-state index in [0.29, 0.717) is 12.0 Å². The zero-order valence-electron chi connectivity index (χ0n) is 10.2. The van der Waals surface area contributed by atoms with Crippen LogP contribution in [-0.2, 0) is 0 Å². The van der Waals surface area contributed by atoms with E-state index in [2.05, 4.69) is 37.7 Å². The number of allylic oxidation sites excluding steroid dienone is 1. The fourth-order valence-corrected chi connectivity index (χ4v) is 1.62. The van der Waals surface area contributed by atoms with Crippen LogP contribution in [0.2, 0.25) is 0 Å². The van der Waals surface area contributed by atoms with Gasteiger partial charge < -0.3 is 10.2 Å². The molecule has 0 heterocycles. The first kappa shape index (κ1) is 13.7. The smallest absolute Gasteiger partial charge is 0.0102 e. The average molecular weight is 198 g/mol. The molecule has 0 rings (SSSR count). The van der Waals surface area contributed by atoms with E-state index < -0.39 is 0 Å². The quantitative estimate of drug-likeness (QED) is 0.475. The summed E-state index contributed by atoms with van der Waals surface area (Å²) in [6, 6.07) is 0.646. The fraction of sp³-hybridized carbons (Fsp3) is 0.833. The molecule has 0 fully saturated rings. The van der Waals surface area contributed by atoms with E-state index >= 15 is 0 Å². The number of hydrogen-bond donors (Lipinski definition) is 1. The average Bonchev–Trinajstić information content (AvgIpc) is 2.17. The highest BCUT2D eigenvalue weighted by molar-refractivity contribution is 4.73. The SMILES string of the molecule is C=CCCCN(C)C(C)C(C)CNC. The largest absolute Gasteiger partial charge is 0.319 e. The predicted molar refractivity (Wildman–Crippen MR) is 64.6 cm³/mol. The molecule has 2 nitrogen and oxygen atoms in total. The Morgan fingerprint density at radius 3 is 2.57 bits per heavy atom.